The summed E-state index contributed by atoms with van der Waals surface area (Å²) in [7, 11) is 2.98. The summed E-state index contributed by atoms with van der Waals surface area (Å²) in [5.74, 6) is 1.20. The molecule has 0 saturated carbocycles. The van der Waals surface area contributed by atoms with Gasteiger partial charge in [0.1, 0.15) is 0 Å². The lowest BCUT2D eigenvalue weighted by atomic mass is 10.2. The molecule has 3 N–H and O–H groups in total. The van der Waals surface area contributed by atoms with Gasteiger partial charge in [-0.2, -0.15) is 0 Å². The van der Waals surface area contributed by atoms with E-state index >= 15 is 0 Å². The molecule has 0 aromatic heterocycles. The molecule has 0 atom stereocenters. The Labute approximate surface area is 143 Å². The Kier molecular flexibility index (Phi) is 8.91. The second-order valence-corrected chi connectivity index (χ2v) is 4.20. The van der Waals surface area contributed by atoms with Crippen LogP contribution in [0.4, 0.5) is 0 Å². The minimum atomic E-state index is -0.0144. The zero-order valence-electron chi connectivity index (χ0n) is 12.9. The van der Waals surface area contributed by atoms with E-state index in [4.69, 9.17) is 15.2 Å². The maximum atomic E-state index is 9.84. The van der Waals surface area contributed by atoms with Crippen molar-refractivity contribution in [1.82, 2.24) is 4.90 Å². The molecule has 1 aromatic carbocycles. The van der Waals surface area contributed by atoms with Crippen molar-refractivity contribution >= 4 is 29.9 Å². The number of guanidine groups is 1. The molecular weight excluding hydrogens is 385 g/mol. The van der Waals surface area contributed by atoms with Gasteiger partial charge in [-0.3, -0.25) is 0 Å². The minimum Gasteiger partial charge on any atom is -0.502 e. The van der Waals surface area contributed by atoms with Crippen molar-refractivity contribution in [2.75, 3.05) is 27.3 Å². The molecule has 21 heavy (non-hydrogen) atoms. The van der Waals surface area contributed by atoms with Gasteiger partial charge in [0.15, 0.2) is 17.5 Å². The quantitative estimate of drug-likeness (QED) is 0.428. The zero-order valence-corrected chi connectivity index (χ0v) is 15.3. The third kappa shape index (κ3) is 5.14. The van der Waals surface area contributed by atoms with Crippen LogP contribution in [0.1, 0.15) is 19.4 Å². The van der Waals surface area contributed by atoms with Gasteiger partial charge in [-0.05, 0) is 31.5 Å². The molecule has 6 nitrogen and oxygen atoms in total. The van der Waals surface area contributed by atoms with Crippen LogP contribution in [0.25, 0.3) is 0 Å². The van der Waals surface area contributed by atoms with E-state index in [1.165, 1.54) is 14.2 Å². The third-order valence-electron chi connectivity index (χ3n) is 3.05. The van der Waals surface area contributed by atoms with Gasteiger partial charge in [0, 0.05) is 13.1 Å². The molecule has 0 spiro atoms. The molecule has 0 bridgehead atoms. The van der Waals surface area contributed by atoms with Crippen molar-refractivity contribution < 1.29 is 14.6 Å². The summed E-state index contributed by atoms with van der Waals surface area (Å²) in [5, 5.41) is 9.84. The zero-order chi connectivity index (χ0) is 15.1. The SMILES string of the molecule is CCN(CC)C(N)=NCc1cc(OC)c(O)c(OC)c1.I. The number of nitrogens with two attached hydrogens (primary N) is 1. The van der Waals surface area contributed by atoms with Gasteiger partial charge in [-0.25, -0.2) is 4.99 Å². The fraction of sp³-hybridized carbons (Fsp3) is 0.500. The van der Waals surface area contributed by atoms with Crippen molar-refractivity contribution in [2.45, 2.75) is 20.4 Å². The molecule has 0 aliphatic rings. The van der Waals surface area contributed by atoms with Crippen LogP contribution in [0.2, 0.25) is 0 Å². The van der Waals surface area contributed by atoms with Crippen molar-refractivity contribution in [2.24, 2.45) is 10.7 Å². The van der Waals surface area contributed by atoms with E-state index < -0.39 is 0 Å². The Hall–Kier alpha value is -1.38. The molecule has 0 fully saturated rings. The number of aromatic hydroxyl groups is 1. The van der Waals surface area contributed by atoms with Crippen LogP contribution >= 0.6 is 24.0 Å². The molecule has 1 rings (SSSR count). The van der Waals surface area contributed by atoms with Crippen LogP contribution in [-0.2, 0) is 6.54 Å². The van der Waals surface area contributed by atoms with Crippen LogP contribution in [0.15, 0.2) is 17.1 Å². The lowest BCUT2D eigenvalue weighted by molar-refractivity contribution is 0.339. The minimum absolute atomic E-state index is 0. The summed E-state index contributed by atoms with van der Waals surface area (Å²) in [5.41, 5.74) is 6.78. The van der Waals surface area contributed by atoms with E-state index in [1.807, 2.05) is 18.7 Å². The lowest BCUT2D eigenvalue weighted by Crippen LogP contribution is -2.37. The average molecular weight is 409 g/mol. The largest absolute Gasteiger partial charge is 0.502 e. The second-order valence-electron chi connectivity index (χ2n) is 4.20. The summed E-state index contributed by atoms with van der Waals surface area (Å²) in [6.45, 7) is 6.08. The van der Waals surface area contributed by atoms with Crippen LogP contribution in [-0.4, -0.2) is 43.3 Å². The summed E-state index contributed by atoms with van der Waals surface area (Å²) >= 11 is 0. The fourth-order valence-corrected chi connectivity index (χ4v) is 1.86. The molecule has 1 aromatic rings. The third-order valence-corrected chi connectivity index (χ3v) is 3.05. The number of phenolic OH excluding ortho intramolecular Hbond substituents is 1. The van der Waals surface area contributed by atoms with E-state index in [2.05, 4.69) is 4.99 Å². The first-order valence-corrected chi connectivity index (χ1v) is 6.56. The van der Waals surface area contributed by atoms with Crippen molar-refractivity contribution in [3.05, 3.63) is 17.7 Å². The first-order valence-electron chi connectivity index (χ1n) is 6.56. The fourth-order valence-electron chi connectivity index (χ4n) is 1.86. The first kappa shape index (κ1) is 19.6. The van der Waals surface area contributed by atoms with Gasteiger partial charge in [-0.1, -0.05) is 0 Å². The predicted molar refractivity (Wildman–Crippen MR) is 94.9 cm³/mol. The highest BCUT2D eigenvalue weighted by molar-refractivity contribution is 14.0. The van der Waals surface area contributed by atoms with E-state index in [9.17, 15) is 5.11 Å². The van der Waals surface area contributed by atoms with Crippen LogP contribution in [0.3, 0.4) is 0 Å². The Balaban J connectivity index is 0.00000400. The van der Waals surface area contributed by atoms with Crippen LogP contribution in [0.5, 0.6) is 17.2 Å². The molecule has 0 aliphatic heterocycles. The number of methoxy groups -OCH3 is 2. The molecule has 7 heteroatoms. The molecule has 120 valence electrons. The summed E-state index contributed by atoms with van der Waals surface area (Å²) in [6, 6.07) is 3.44. The highest BCUT2D eigenvalue weighted by atomic mass is 127. The first-order chi connectivity index (χ1) is 9.57. The number of hydrogen-bond donors (Lipinski definition) is 2. The number of hydrogen-bond acceptors (Lipinski definition) is 4. The standard InChI is InChI=1S/C14H23N3O3.HI/c1-5-17(6-2)14(15)16-9-10-7-11(19-3)13(18)12(8-10)20-4;/h7-8,18H,5-6,9H2,1-4H3,(H2,15,16);1H. The van der Waals surface area contributed by atoms with Gasteiger partial charge in [0.2, 0.25) is 5.75 Å². The Morgan fingerprint density at radius 2 is 1.67 bits per heavy atom. The molecule has 0 amide bonds. The van der Waals surface area contributed by atoms with E-state index in [0.29, 0.717) is 24.0 Å². The van der Waals surface area contributed by atoms with E-state index in [0.717, 1.165) is 18.7 Å². The lowest BCUT2D eigenvalue weighted by Gasteiger charge is -2.19. The van der Waals surface area contributed by atoms with Gasteiger partial charge >= 0.3 is 0 Å². The highest BCUT2D eigenvalue weighted by Gasteiger charge is 2.11. The Bertz CT molecular complexity index is 452. The monoisotopic (exact) mass is 409 g/mol. The predicted octanol–water partition coefficient (Wildman–Crippen LogP) is 2.18. The highest BCUT2D eigenvalue weighted by Crippen LogP contribution is 2.37. The topological polar surface area (TPSA) is 80.3 Å². The second kappa shape index (κ2) is 9.54. The number of rotatable bonds is 6. The molecule has 0 heterocycles. The molecule has 0 unspecified atom stereocenters. The number of benzene rings is 1. The van der Waals surface area contributed by atoms with Gasteiger partial charge < -0.3 is 25.2 Å². The van der Waals surface area contributed by atoms with Crippen molar-refractivity contribution in [1.29, 1.82) is 0 Å². The van der Waals surface area contributed by atoms with Crippen molar-refractivity contribution in [3.8, 4) is 17.2 Å². The Morgan fingerprint density at radius 3 is 2.05 bits per heavy atom. The molecule has 0 radical (unpaired) electrons. The normalized spacial score (nSPS) is 10.8. The molecule has 0 saturated heterocycles. The van der Waals surface area contributed by atoms with Gasteiger partial charge in [0.05, 0.1) is 20.8 Å². The van der Waals surface area contributed by atoms with E-state index in [1.54, 1.807) is 12.1 Å². The summed E-state index contributed by atoms with van der Waals surface area (Å²) < 4.78 is 10.2. The summed E-state index contributed by atoms with van der Waals surface area (Å²) in [4.78, 5) is 6.31. The van der Waals surface area contributed by atoms with Crippen LogP contribution in [0, 0.1) is 0 Å². The number of halogens is 1. The van der Waals surface area contributed by atoms with Crippen molar-refractivity contribution in [3.63, 3.8) is 0 Å². The van der Waals surface area contributed by atoms with Gasteiger partial charge in [0.25, 0.3) is 0 Å². The number of nitrogens with zero attached hydrogens (tertiary/aromatic N) is 2. The molecule has 0 aliphatic carbocycles. The maximum Gasteiger partial charge on any atom is 0.200 e. The molecular formula is C14H24IN3O3. The number of phenols is 1. The number of ether oxygens (including phenoxy) is 2. The van der Waals surface area contributed by atoms with Gasteiger partial charge in [-0.15, -0.1) is 24.0 Å². The van der Waals surface area contributed by atoms with E-state index in [-0.39, 0.29) is 29.7 Å². The smallest absolute Gasteiger partial charge is 0.200 e. The maximum absolute atomic E-state index is 9.84. The average Bonchev–Trinajstić information content (AvgIpc) is 2.47. The number of aliphatic imine (C=N–C) groups is 1. The Morgan fingerprint density at radius 1 is 1.19 bits per heavy atom. The summed E-state index contributed by atoms with van der Waals surface area (Å²) in [6.07, 6.45) is 0. The van der Waals surface area contributed by atoms with Crippen LogP contribution < -0.4 is 15.2 Å².